The molecule has 0 spiro atoms. The second-order valence-corrected chi connectivity index (χ2v) is 8.28. The first-order valence-electron chi connectivity index (χ1n) is 10.5. The first-order valence-corrected chi connectivity index (χ1v) is 10.5. The van der Waals surface area contributed by atoms with Gasteiger partial charge >= 0.3 is 5.97 Å². The van der Waals surface area contributed by atoms with Crippen LogP contribution < -0.4 is 5.56 Å². The first-order chi connectivity index (χ1) is 16.1. The van der Waals surface area contributed by atoms with Gasteiger partial charge in [0.2, 0.25) is 5.54 Å². The zero-order chi connectivity index (χ0) is 24.6. The quantitative estimate of drug-likeness (QED) is 0.460. The number of aromatic hydroxyl groups is 1. The summed E-state index contributed by atoms with van der Waals surface area (Å²) in [5, 5.41) is 31.1. The van der Waals surface area contributed by atoms with E-state index in [-0.39, 0.29) is 29.0 Å². The Balaban J connectivity index is 1.74. The number of nitrogens with one attached hydrogen (secondary N) is 1. The number of rotatable bonds is 5. The molecule has 2 aromatic carbocycles. The number of carboxylic acid groups (broad SMARTS) is 1. The standard InChI is InChI=1S/C25H23FN4O4/c1-14-8-9-17(12-15(14)2)30-23(32)22(16(3)28-30)27-29-25(24(33)34)11-10-20(26)19(13-25)18-6-4-5-7-21(18)31/h4-12,28,31H,13H2,1-3H3,(H,33,34). The number of phenolic OH excluding ortho intramolecular Hbond substituents is 1. The summed E-state index contributed by atoms with van der Waals surface area (Å²) in [6, 6.07) is 11.6. The number of benzene rings is 2. The largest absolute Gasteiger partial charge is 0.507 e. The lowest BCUT2D eigenvalue weighted by Crippen LogP contribution is -2.36. The number of carboxylic acids is 1. The minimum Gasteiger partial charge on any atom is -0.507 e. The third-order valence-electron chi connectivity index (χ3n) is 5.96. The summed E-state index contributed by atoms with van der Waals surface area (Å²) < 4.78 is 15.9. The maximum absolute atomic E-state index is 14.6. The van der Waals surface area contributed by atoms with Crippen LogP contribution in [0.2, 0.25) is 0 Å². The minimum atomic E-state index is -1.95. The summed E-state index contributed by atoms with van der Waals surface area (Å²) in [5.41, 5.74) is 0.744. The van der Waals surface area contributed by atoms with E-state index in [1.165, 1.54) is 16.8 Å². The topological polar surface area (TPSA) is 120 Å². The van der Waals surface area contributed by atoms with E-state index >= 15 is 0 Å². The summed E-state index contributed by atoms with van der Waals surface area (Å²) in [5.74, 6) is -2.23. The van der Waals surface area contributed by atoms with Crippen molar-refractivity contribution in [1.82, 2.24) is 9.78 Å². The highest BCUT2D eigenvalue weighted by atomic mass is 19.1. The number of halogens is 1. The highest BCUT2D eigenvalue weighted by molar-refractivity contribution is 5.88. The number of allylic oxidation sites excluding steroid dienone is 2. The Kier molecular flexibility index (Phi) is 5.78. The molecule has 34 heavy (non-hydrogen) atoms. The van der Waals surface area contributed by atoms with Crippen LogP contribution in [0, 0.1) is 20.8 Å². The molecule has 0 bridgehead atoms. The van der Waals surface area contributed by atoms with Gasteiger partial charge in [0.25, 0.3) is 5.56 Å². The van der Waals surface area contributed by atoms with Crippen molar-refractivity contribution in [3.63, 3.8) is 0 Å². The Bertz CT molecular complexity index is 1450. The van der Waals surface area contributed by atoms with E-state index in [1.807, 2.05) is 26.0 Å². The van der Waals surface area contributed by atoms with Gasteiger partial charge in [-0.25, -0.2) is 13.9 Å². The number of azo groups is 1. The summed E-state index contributed by atoms with van der Waals surface area (Å²) >= 11 is 0. The summed E-state index contributed by atoms with van der Waals surface area (Å²) in [7, 11) is 0. The molecule has 0 saturated heterocycles. The number of hydrogen-bond acceptors (Lipinski definition) is 5. The third kappa shape index (κ3) is 3.96. The minimum absolute atomic E-state index is 0.0136. The molecule has 174 valence electrons. The van der Waals surface area contributed by atoms with Crippen molar-refractivity contribution in [3.05, 3.63) is 93.2 Å². The predicted octanol–water partition coefficient (Wildman–Crippen LogP) is 5.04. The second kappa shape index (κ2) is 8.58. The van der Waals surface area contributed by atoms with E-state index < -0.39 is 22.9 Å². The maximum atomic E-state index is 14.6. The lowest BCUT2D eigenvalue weighted by molar-refractivity contribution is -0.141. The number of aryl methyl sites for hydroxylation is 3. The Labute approximate surface area is 194 Å². The SMILES string of the molecule is Cc1ccc(-n2[nH]c(C)c(N=NC3(C(=O)O)C=CC(F)=C(c4ccccc4O)C3)c2=O)cc1C. The molecule has 0 aliphatic heterocycles. The number of phenols is 1. The molecule has 1 unspecified atom stereocenters. The average Bonchev–Trinajstić information content (AvgIpc) is 3.09. The van der Waals surface area contributed by atoms with Gasteiger partial charge in [0, 0.05) is 17.6 Å². The fraction of sp³-hybridized carbons (Fsp3) is 0.200. The van der Waals surface area contributed by atoms with Crippen LogP contribution in [-0.4, -0.2) is 31.5 Å². The number of nitrogens with zero attached hydrogens (tertiary/aromatic N) is 3. The number of aliphatic carboxylic acids is 1. The zero-order valence-corrected chi connectivity index (χ0v) is 18.8. The van der Waals surface area contributed by atoms with Crippen molar-refractivity contribution < 1.29 is 19.4 Å². The Morgan fingerprint density at radius 3 is 2.56 bits per heavy atom. The Hall–Kier alpha value is -4.27. The van der Waals surface area contributed by atoms with Gasteiger partial charge in [-0.05, 0) is 62.2 Å². The normalized spacial score (nSPS) is 18.1. The number of H-pyrrole nitrogens is 1. The van der Waals surface area contributed by atoms with E-state index in [0.29, 0.717) is 11.4 Å². The maximum Gasteiger partial charge on any atom is 0.337 e. The number of para-hydroxylation sites is 1. The lowest BCUT2D eigenvalue weighted by Gasteiger charge is -2.25. The van der Waals surface area contributed by atoms with Crippen LogP contribution in [0.1, 0.15) is 28.8 Å². The van der Waals surface area contributed by atoms with Gasteiger partial charge in [0.1, 0.15) is 11.6 Å². The van der Waals surface area contributed by atoms with Crippen molar-refractivity contribution in [3.8, 4) is 11.4 Å². The molecule has 1 aliphatic carbocycles. The van der Waals surface area contributed by atoms with Crippen molar-refractivity contribution >= 4 is 17.2 Å². The molecule has 0 amide bonds. The molecule has 1 heterocycles. The molecule has 0 fully saturated rings. The number of aromatic amines is 1. The smallest absolute Gasteiger partial charge is 0.337 e. The van der Waals surface area contributed by atoms with Crippen molar-refractivity contribution in [1.29, 1.82) is 0 Å². The predicted molar refractivity (Wildman–Crippen MR) is 125 cm³/mol. The fourth-order valence-corrected chi connectivity index (χ4v) is 3.78. The highest BCUT2D eigenvalue weighted by Gasteiger charge is 2.41. The van der Waals surface area contributed by atoms with Crippen LogP contribution in [0.15, 0.2) is 75.5 Å². The molecule has 3 aromatic rings. The average molecular weight is 462 g/mol. The molecular formula is C25H23FN4O4. The fourth-order valence-electron chi connectivity index (χ4n) is 3.78. The van der Waals surface area contributed by atoms with E-state index in [0.717, 1.165) is 23.3 Å². The Morgan fingerprint density at radius 1 is 1.15 bits per heavy atom. The van der Waals surface area contributed by atoms with Gasteiger partial charge in [-0.3, -0.25) is 9.89 Å². The molecule has 0 radical (unpaired) electrons. The van der Waals surface area contributed by atoms with Crippen LogP contribution in [0.5, 0.6) is 5.75 Å². The van der Waals surface area contributed by atoms with Gasteiger partial charge in [0.05, 0.1) is 11.4 Å². The monoisotopic (exact) mass is 462 g/mol. The van der Waals surface area contributed by atoms with E-state index in [4.69, 9.17) is 0 Å². The number of aromatic nitrogens is 2. The van der Waals surface area contributed by atoms with Gasteiger partial charge < -0.3 is 10.2 Å². The summed E-state index contributed by atoms with van der Waals surface area (Å²) in [6.07, 6.45) is 1.71. The van der Waals surface area contributed by atoms with E-state index in [2.05, 4.69) is 15.3 Å². The van der Waals surface area contributed by atoms with Crippen LogP contribution in [0.3, 0.4) is 0 Å². The zero-order valence-electron chi connectivity index (χ0n) is 18.8. The molecule has 1 atom stereocenters. The molecule has 1 aromatic heterocycles. The summed E-state index contributed by atoms with van der Waals surface area (Å²) in [6.45, 7) is 5.52. The number of carbonyl (C=O) groups is 1. The Morgan fingerprint density at radius 2 is 1.88 bits per heavy atom. The molecule has 8 nitrogen and oxygen atoms in total. The first kappa shape index (κ1) is 22.9. The number of hydrogen-bond donors (Lipinski definition) is 3. The molecule has 9 heteroatoms. The van der Waals surface area contributed by atoms with Gasteiger partial charge in [0.15, 0.2) is 5.69 Å². The lowest BCUT2D eigenvalue weighted by atomic mass is 9.83. The van der Waals surface area contributed by atoms with E-state index in [1.54, 1.807) is 25.1 Å². The highest BCUT2D eigenvalue weighted by Crippen LogP contribution is 2.40. The molecule has 4 rings (SSSR count). The van der Waals surface area contributed by atoms with E-state index in [9.17, 15) is 24.2 Å². The second-order valence-electron chi connectivity index (χ2n) is 8.28. The van der Waals surface area contributed by atoms with Crippen LogP contribution >= 0.6 is 0 Å². The van der Waals surface area contributed by atoms with Gasteiger partial charge in [-0.15, -0.1) is 5.11 Å². The van der Waals surface area contributed by atoms with Crippen molar-refractivity contribution in [2.45, 2.75) is 32.7 Å². The van der Waals surface area contributed by atoms with Crippen molar-refractivity contribution in [2.75, 3.05) is 0 Å². The van der Waals surface area contributed by atoms with Crippen molar-refractivity contribution in [2.24, 2.45) is 10.2 Å². The molecule has 3 N–H and O–H groups in total. The van der Waals surface area contributed by atoms with Gasteiger partial charge in [-0.1, -0.05) is 24.3 Å². The molecule has 0 saturated carbocycles. The summed E-state index contributed by atoms with van der Waals surface area (Å²) in [4.78, 5) is 25.3. The molecular weight excluding hydrogens is 439 g/mol. The molecule has 1 aliphatic rings. The van der Waals surface area contributed by atoms with Crippen LogP contribution in [-0.2, 0) is 4.79 Å². The van der Waals surface area contributed by atoms with Crippen LogP contribution in [0.25, 0.3) is 11.3 Å². The van der Waals surface area contributed by atoms with Crippen LogP contribution in [0.4, 0.5) is 10.1 Å². The third-order valence-corrected chi connectivity index (χ3v) is 5.96. The van der Waals surface area contributed by atoms with Gasteiger partial charge in [-0.2, -0.15) is 5.11 Å².